The first-order chi connectivity index (χ1) is 12.0. The number of rotatable bonds is 2. The van der Waals surface area contributed by atoms with Crippen LogP contribution < -0.4 is 10.9 Å². The average Bonchev–Trinajstić information content (AvgIpc) is 2.92. The number of aromatic nitrogens is 1. The van der Waals surface area contributed by atoms with Crippen molar-refractivity contribution in [2.45, 2.75) is 19.4 Å². The summed E-state index contributed by atoms with van der Waals surface area (Å²) in [5.74, 6) is -0.909. The summed E-state index contributed by atoms with van der Waals surface area (Å²) in [6.45, 7) is 1.92. The topological polar surface area (TPSA) is 91.6 Å². The molecular formula is C19H16N2O4. The number of hydrogen-bond donors (Lipinski definition) is 3. The molecule has 2 heterocycles. The number of pyridine rings is 1. The number of benzene rings is 2. The van der Waals surface area contributed by atoms with Crippen LogP contribution in [0.3, 0.4) is 0 Å². The minimum absolute atomic E-state index is 0.0705. The number of aromatic hydroxyl groups is 2. The molecule has 1 aliphatic heterocycles. The van der Waals surface area contributed by atoms with E-state index in [-0.39, 0.29) is 23.1 Å². The minimum Gasteiger partial charge on any atom is -0.508 e. The zero-order valence-corrected chi connectivity index (χ0v) is 13.5. The monoisotopic (exact) mass is 336 g/mol. The van der Waals surface area contributed by atoms with E-state index in [0.29, 0.717) is 23.0 Å². The molecule has 0 fully saturated rings. The average molecular weight is 336 g/mol. The molecule has 0 spiro atoms. The Morgan fingerprint density at radius 1 is 1.16 bits per heavy atom. The normalized spacial score (nSPS) is 15.5. The number of nitrogens with zero attached hydrogens (tertiary/aromatic N) is 1. The van der Waals surface area contributed by atoms with Crippen molar-refractivity contribution >= 4 is 22.5 Å². The Kier molecular flexibility index (Phi) is 3.28. The van der Waals surface area contributed by atoms with Crippen LogP contribution in [0.25, 0.3) is 10.9 Å². The lowest BCUT2D eigenvalue weighted by molar-refractivity contribution is 0.102. The number of amides is 1. The van der Waals surface area contributed by atoms with Gasteiger partial charge in [-0.25, -0.2) is 0 Å². The second-order valence-corrected chi connectivity index (χ2v) is 6.27. The van der Waals surface area contributed by atoms with Gasteiger partial charge in [0, 0.05) is 17.1 Å². The molecule has 1 amide bonds. The molecule has 0 bridgehead atoms. The first kappa shape index (κ1) is 15.3. The molecule has 3 aromatic rings. The van der Waals surface area contributed by atoms with Crippen LogP contribution in [0.4, 0.5) is 5.69 Å². The first-order valence-corrected chi connectivity index (χ1v) is 7.97. The van der Waals surface area contributed by atoms with Crippen molar-refractivity contribution in [3.63, 3.8) is 0 Å². The number of phenolic OH excluding ortho intramolecular Hbond substituents is 1. The fourth-order valence-electron chi connectivity index (χ4n) is 3.46. The summed E-state index contributed by atoms with van der Waals surface area (Å²) in [5, 5.41) is 23.0. The summed E-state index contributed by atoms with van der Waals surface area (Å²) in [5.41, 5.74) is 1.33. The van der Waals surface area contributed by atoms with Gasteiger partial charge in [0.2, 0.25) is 0 Å². The number of para-hydroxylation sites is 1. The Balaban J connectivity index is 1.87. The number of phenols is 1. The molecule has 0 aliphatic carbocycles. The van der Waals surface area contributed by atoms with Crippen LogP contribution in [0, 0.1) is 0 Å². The summed E-state index contributed by atoms with van der Waals surface area (Å²) in [6.07, 6.45) is 0.690. The fourth-order valence-corrected chi connectivity index (χ4v) is 3.46. The largest absolute Gasteiger partial charge is 0.508 e. The number of anilines is 1. The van der Waals surface area contributed by atoms with Crippen LogP contribution in [0.5, 0.6) is 11.5 Å². The van der Waals surface area contributed by atoms with Crippen molar-refractivity contribution in [2.75, 3.05) is 5.32 Å². The minimum atomic E-state index is -0.677. The van der Waals surface area contributed by atoms with Crippen LogP contribution in [-0.4, -0.2) is 20.7 Å². The van der Waals surface area contributed by atoms with Gasteiger partial charge in [0.15, 0.2) is 0 Å². The van der Waals surface area contributed by atoms with Gasteiger partial charge in [-0.1, -0.05) is 12.1 Å². The van der Waals surface area contributed by atoms with Crippen molar-refractivity contribution < 1.29 is 15.0 Å². The summed E-state index contributed by atoms with van der Waals surface area (Å²) in [7, 11) is 0. The summed E-state index contributed by atoms with van der Waals surface area (Å²) < 4.78 is 1.58. The van der Waals surface area contributed by atoms with Gasteiger partial charge in [-0.05, 0) is 49.2 Å². The number of nitrogens with one attached hydrogen (secondary N) is 1. The van der Waals surface area contributed by atoms with E-state index in [1.54, 1.807) is 10.6 Å². The number of hydrogen-bond acceptors (Lipinski definition) is 4. The van der Waals surface area contributed by atoms with E-state index in [4.69, 9.17) is 0 Å². The van der Waals surface area contributed by atoms with Crippen molar-refractivity contribution in [1.82, 2.24) is 4.57 Å². The second-order valence-electron chi connectivity index (χ2n) is 6.27. The molecule has 6 heteroatoms. The highest BCUT2D eigenvalue weighted by molar-refractivity contribution is 6.09. The molecule has 126 valence electrons. The van der Waals surface area contributed by atoms with Gasteiger partial charge in [0.1, 0.15) is 17.1 Å². The molecule has 0 unspecified atom stereocenters. The van der Waals surface area contributed by atoms with Gasteiger partial charge in [0.25, 0.3) is 11.5 Å². The lowest BCUT2D eigenvalue weighted by Gasteiger charge is -2.14. The van der Waals surface area contributed by atoms with E-state index in [1.807, 2.05) is 19.1 Å². The number of carbonyl (C=O) groups is 1. The zero-order chi connectivity index (χ0) is 17.7. The van der Waals surface area contributed by atoms with Crippen molar-refractivity contribution in [2.24, 2.45) is 0 Å². The third-order valence-electron chi connectivity index (χ3n) is 4.59. The molecule has 0 saturated heterocycles. The second kappa shape index (κ2) is 5.37. The SMILES string of the molecule is C[C@@H]1Cc2cccc3c(O)c(C(=O)Nc4ccc(O)cc4)c(=O)n1c23. The highest BCUT2D eigenvalue weighted by atomic mass is 16.3. The maximum Gasteiger partial charge on any atom is 0.268 e. The predicted octanol–water partition coefficient (Wildman–Crippen LogP) is 2.78. The quantitative estimate of drug-likeness (QED) is 0.628. The van der Waals surface area contributed by atoms with Gasteiger partial charge in [-0.2, -0.15) is 0 Å². The molecule has 1 atom stereocenters. The summed E-state index contributed by atoms with van der Waals surface area (Å²) in [4.78, 5) is 25.5. The fraction of sp³-hybridized carbons (Fsp3) is 0.158. The van der Waals surface area contributed by atoms with Gasteiger partial charge in [-0.3, -0.25) is 9.59 Å². The molecule has 4 rings (SSSR count). The smallest absolute Gasteiger partial charge is 0.268 e. The van der Waals surface area contributed by atoms with Gasteiger partial charge in [0.05, 0.1) is 5.52 Å². The standard InChI is InChI=1S/C19H16N2O4/c1-10-9-11-3-2-4-14-16(11)21(10)19(25)15(17(14)23)18(24)20-12-5-7-13(22)8-6-12/h2-8,10,22-23H,9H2,1H3,(H,20,24)/t10-/m1/s1. The highest BCUT2D eigenvalue weighted by Gasteiger charge is 2.29. The predicted molar refractivity (Wildman–Crippen MR) is 94.3 cm³/mol. The Morgan fingerprint density at radius 2 is 1.88 bits per heavy atom. The van der Waals surface area contributed by atoms with Crippen molar-refractivity contribution in [3.8, 4) is 11.5 Å². The zero-order valence-electron chi connectivity index (χ0n) is 13.5. The van der Waals surface area contributed by atoms with Gasteiger partial charge < -0.3 is 20.1 Å². The highest BCUT2D eigenvalue weighted by Crippen LogP contribution is 2.36. The van der Waals surface area contributed by atoms with E-state index < -0.39 is 11.5 Å². The van der Waals surface area contributed by atoms with E-state index in [0.717, 1.165) is 5.56 Å². The lowest BCUT2D eigenvalue weighted by atomic mass is 10.1. The van der Waals surface area contributed by atoms with Crippen molar-refractivity contribution in [3.05, 3.63) is 63.9 Å². The first-order valence-electron chi connectivity index (χ1n) is 7.97. The van der Waals surface area contributed by atoms with Crippen LogP contribution >= 0.6 is 0 Å². The van der Waals surface area contributed by atoms with Crippen LogP contribution in [0.1, 0.15) is 28.9 Å². The van der Waals surface area contributed by atoms with Crippen LogP contribution in [-0.2, 0) is 6.42 Å². The molecule has 6 nitrogen and oxygen atoms in total. The molecular weight excluding hydrogens is 320 g/mol. The Morgan fingerprint density at radius 3 is 2.60 bits per heavy atom. The lowest BCUT2D eigenvalue weighted by Crippen LogP contribution is -2.30. The molecule has 0 radical (unpaired) electrons. The maximum absolute atomic E-state index is 12.9. The third kappa shape index (κ3) is 2.26. The van der Waals surface area contributed by atoms with Crippen molar-refractivity contribution in [1.29, 1.82) is 0 Å². The molecule has 3 N–H and O–H groups in total. The summed E-state index contributed by atoms with van der Waals surface area (Å²) in [6, 6.07) is 11.3. The Labute approximate surface area is 143 Å². The Bertz CT molecular complexity index is 1070. The van der Waals surface area contributed by atoms with Crippen LogP contribution in [0.15, 0.2) is 47.3 Å². The van der Waals surface area contributed by atoms with E-state index >= 15 is 0 Å². The maximum atomic E-state index is 12.9. The molecule has 25 heavy (non-hydrogen) atoms. The summed E-state index contributed by atoms with van der Waals surface area (Å²) >= 11 is 0. The molecule has 0 saturated carbocycles. The third-order valence-corrected chi connectivity index (χ3v) is 4.59. The van der Waals surface area contributed by atoms with Crippen LogP contribution in [0.2, 0.25) is 0 Å². The van der Waals surface area contributed by atoms with Gasteiger partial charge >= 0.3 is 0 Å². The molecule has 1 aromatic heterocycles. The number of carbonyl (C=O) groups excluding carboxylic acids is 1. The molecule has 2 aromatic carbocycles. The van der Waals surface area contributed by atoms with E-state index in [9.17, 15) is 19.8 Å². The van der Waals surface area contributed by atoms with E-state index in [1.165, 1.54) is 24.3 Å². The van der Waals surface area contributed by atoms with Gasteiger partial charge in [-0.15, -0.1) is 0 Å². The van der Waals surface area contributed by atoms with E-state index in [2.05, 4.69) is 5.32 Å². The Hall–Kier alpha value is -3.28. The molecule has 1 aliphatic rings.